The molecular formula is C24H30N6O4. The fourth-order valence-electron chi connectivity index (χ4n) is 4.63. The number of anilines is 1. The molecule has 180 valence electrons. The highest BCUT2D eigenvalue weighted by Crippen LogP contribution is 2.32. The molecule has 10 heteroatoms. The minimum absolute atomic E-state index is 0.0673. The van der Waals surface area contributed by atoms with Gasteiger partial charge in [-0.25, -0.2) is 0 Å². The first kappa shape index (κ1) is 23.6. The second-order valence-corrected chi connectivity index (χ2v) is 8.80. The number of aldehydes is 1. The molecule has 1 aromatic heterocycles. The van der Waals surface area contributed by atoms with Crippen LogP contribution >= 0.6 is 0 Å². The van der Waals surface area contributed by atoms with E-state index < -0.39 is 23.8 Å². The van der Waals surface area contributed by atoms with Crippen molar-refractivity contribution in [1.82, 2.24) is 24.9 Å². The molecular weight excluding hydrogens is 436 g/mol. The maximum Gasteiger partial charge on any atom is 0.264 e. The first-order chi connectivity index (χ1) is 16.4. The third-order valence-electron chi connectivity index (χ3n) is 6.57. The predicted molar refractivity (Wildman–Crippen MR) is 125 cm³/mol. The molecule has 0 spiro atoms. The Hall–Kier alpha value is -3.53. The van der Waals surface area contributed by atoms with Gasteiger partial charge in [0.15, 0.2) is 0 Å². The van der Waals surface area contributed by atoms with Crippen LogP contribution in [0.2, 0.25) is 0 Å². The van der Waals surface area contributed by atoms with E-state index in [1.54, 1.807) is 18.2 Å². The molecule has 10 nitrogen and oxygen atoms in total. The molecule has 0 saturated carbocycles. The van der Waals surface area contributed by atoms with Gasteiger partial charge in [-0.3, -0.25) is 24.0 Å². The van der Waals surface area contributed by atoms with Crippen molar-refractivity contribution in [3.05, 3.63) is 47.3 Å². The van der Waals surface area contributed by atoms with Crippen molar-refractivity contribution in [2.24, 2.45) is 0 Å². The van der Waals surface area contributed by atoms with Crippen LogP contribution in [-0.4, -0.2) is 76.8 Å². The van der Waals surface area contributed by atoms with Gasteiger partial charge in [-0.05, 0) is 51.5 Å². The Bertz CT molecular complexity index is 1090. The summed E-state index contributed by atoms with van der Waals surface area (Å²) in [5.74, 6) is -1.55. The number of rotatable bonds is 9. The predicted octanol–water partition coefficient (Wildman–Crippen LogP) is 1.45. The van der Waals surface area contributed by atoms with Crippen LogP contribution in [0.4, 0.5) is 5.69 Å². The molecule has 0 aliphatic carbocycles. The summed E-state index contributed by atoms with van der Waals surface area (Å²) in [7, 11) is 3.56. The number of likely N-dealkylation sites (N-methyl/N-ethyl adjacent to an activating group) is 1. The van der Waals surface area contributed by atoms with Crippen LogP contribution in [0.1, 0.15) is 58.0 Å². The average Bonchev–Trinajstić information content (AvgIpc) is 3.42. The van der Waals surface area contributed by atoms with E-state index in [2.05, 4.69) is 27.7 Å². The summed E-state index contributed by atoms with van der Waals surface area (Å²) in [4.78, 5) is 52.9. The molecule has 1 saturated heterocycles. The first-order valence-electron chi connectivity index (χ1n) is 11.6. The minimum Gasteiger partial charge on any atom is -0.380 e. The lowest BCUT2D eigenvalue weighted by molar-refractivity contribution is -0.124. The van der Waals surface area contributed by atoms with Crippen LogP contribution in [0.25, 0.3) is 0 Å². The molecule has 2 N–H and O–H groups in total. The molecule has 0 radical (unpaired) electrons. The number of hydrogen-bond donors (Lipinski definition) is 2. The Kier molecular flexibility index (Phi) is 7.06. The number of benzene rings is 1. The van der Waals surface area contributed by atoms with Crippen LogP contribution < -0.4 is 10.6 Å². The van der Waals surface area contributed by atoms with E-state index >= 15 is 0 Å². The number of fused-ring (bicyclic) bond motifs is 1. The van der Waals surface area contributed by atoms with E-state index in [-0.39, 0.29) is 24.0 Å². The molecule has 2 aromatic rings. The van der Waals surface area contributed by atoms with Crippen molar-refractivity contribution < 1.29 is 19.2 Å². The average molecular weight is 467 g/mol. The summed E-state index contributed by atoms with van der Waals surface area (Å²) in [5.41, 5.74) is 1.99. The molecule has 2 aliphatic rings. The number of piperidine rings is 1. The summed E-state index contributed by atoms with van der Waals surface area (Å²) in [6.45, 7) is 2.53. The Morgan fingerprint density at radius 3 is 2.71 bits per heavy atom. The van der Waals surface area contributed by atoms with Crippen LogP contribution in [0.15, 0.2) is 30.6 Å². The van der Waals surface area contributed by atoms with E-state index in [1.165, 1.54) is 7.05 Å². The number of carbonyl (C=O) groups excluding carboxylic acids is 4. The largest absolute Gasteiger partial charge is 0.380 e. The monoisotopic (exact) mass is 466 g/mol. The van der Waals surface area contributed by atoms with E-state index in [4.69, 9.17) is 0 Å². The first-order valence-corrected chi connectivity index (χ1v) is 11.6. The molecule has 2 aliphatic heterocycles. The van der Waals surface area contributed by atoms with Gasteiger partial charge in [-0.15, -0.1) is 0 Å². The number of nitrogens with zero attached hydrogens (tertiary/aromatic N) is 4. The van der Waals surface area contributed by atoms with E-state index in [0.717, 1.165) is 36.4 Å². The normalized spacial score (nSPS) is 17.5. The molecule has 3 amide bonds. The molecule has 1 fully saturated rings. The quantitative estimate of drug-likeness (QED) is 0.424. The van der Waals surface area contributed by atoms with Gasteiger partial charge < -0.3 is 20.3 Å². The number of aromatic nitrogens is 2. The third-order valence-corrected chi connectivity index (χ3v) is 6.57. The van der Waals surface area contributed by atoms with Crippen molar-refractivity contribution in [2.45, 2.75) is 44.3 Å². The van der Waals surface area contributed by atoms with Crippen molar-refractivity contribution in [2.75, 3.05) is 32.5 Å². The Labute approximate surface area is 198 Å². The van der Waals surface area contributed by atoms with Crippen molar-refractivity contribution in [3.63, 3.8) is 0 Å². The van der Waals surface area contributed by atoms with Crippen LogP contribution in [0, 0.1) is 0 Å². The maximum absolute atomic E-state index is 13.3. The number of likely N-dealkylation sites (tertiary alicyclic amines) is 1. The zero-order chi connectivity index (χ0) is 24.2. The molecule has 1 atom stereocenters. The van der Waals surface area contributed by atoms with Crippen molar-refractivity contribution >= 4 is 29.7 Å². The second kappa shape index (κ2) is 10.2. The maximum atomic E-state index is 13.3. The van der Waals surface area contributed by atoms with Crippen LogP contribution in [-0.2, 0) is 16.1 Å². The summed E-state index contributed by atoms with van der Waals surface area (Å²) < 4.78 is 2.01. The standard InChI is InChI=1S/C24H30N6O4/c1-25-22(32)20(7-4-12-31)30-23(33)18-5-3-6-19(21(18)24(30)34)26-13-16-14-27-29(15-16)17-8-10-28(2)11-9-17/h3,5-6,12,14-15,17,20,26H,4,7-11,13H2,1-2H3,(H,25,32). The highest BCUT2D eigenvalue weighted by Gasteiger charge is 2.43. The molecule has 4 rings (SSSR count). The molecule has 1 aromatic carbocycles. The number of hydrogen-bond acceptors (Lipinski definition) is 7. The summed E-state index contributed by atoms with van der Waals surface area (Å²) in [6.07, 6.45) is 6.76. The fraction of sp³-hybridized carbons (Fsp3) is 0.458. The van der Waals surface area contributed by atoms with Gasteiger partial charge in [0.1, 0.15) is 12.3 Å². The van der Waals surface area contributed by atoms with Gasteiger partial charge in [0.25, 0.3) is 11.8 Å². The number of amides is 3. The smallest absolute Gasteiger partial charge is 0.264 e. The highest BCUT2D eigenvalue weighted by atomic mass is 16.2. The van der Waals surface area contributed by atoms with E-state index in [0.29, 0.717) is 24.6 Å². The summed E-state index contributed by atoms with van der Waals surface area (Å²) in [5, 5.41) is 10.3. The molecule has 1 unspecified atom stereocenters. The minimum atomic E-state index is -1.04. The lowest BCUT2D eigenvalue weighted by Gasteiger charge is -2.28. The Morgan fingerprint density at radius 2 is 2.00 bits per heavy atom. The SMILES string of the molecule is CNC(=O)C(CCC=O)N1C(=O)c2cccc(NCc3cnn(C4CCN(C)CC4)c3)c2C1=O. The topological polar surface area (TPSA) is 117 Å². The van der Waals surface area contributed by atoms with Gasteiger partial charge in [-0.2, -0.15) is 5.10 Å². The highest BCUT2D eigenvalue weighted by molar-refractivity contribution is 6.25. The number of carbonyl (C=O) groups is 4. The molecule has 0 bridgehead atoms. The lowest BCUT2D eigenvalue weighted by atomic mass is 10.1. The van der Waals surface area contributed by atoms with Crippen molar-refractivity contribution in [3.8, 4) is 0 Å². The summed E-state index contributed by atoms with van der Waals surface area (Å²) >= 11 is 0. The Balaban J connectivity index is 1.50. The zero-order valence-electron chi connectivity index (χ0n) is 19.5. The van der Waals surface area contributed by atoms with Gasteiger partial charge in [0, 0.05) is 37.5 Å². The Morgan fingerprint density at radius 1 is 1.24 bits per heavy atom. The van der Waals surface area contributed by atoms with Gasteiger partial charge in [-0.1, -0.05) is 6.07 Å². The van der Waals surface area contributed by atoms with Gasteiger partial charge >= 0.3 is 0 Å². The zero-order valence-corrected chi connectivity index (χ0v) is 19.5. The van der Waals surface area contributed by atoms with Crippen LogP contribution in [0.3, 0.4) is 0 Å². The van der Waals surface area contributed by atoms with Crippen molar-refractivity contribution in [1.29, 1.82) is 0 Å². The second-order valence-electron chi connectivity index (χ2n) is 8.80. The van der Waals surface area contributed by atoms with Crippen LogP contribution in [0.5, 0.6) is 0 Å². The lowest BCUT2D eigenvalue weighted by Crippen LogP contribution is -2.48. The molecule has 34 heavy (non-hydrogen) atoms. The third kappa shape index (κ3) is 4.58. The molecule has 3 heterocycles. The van der Waals surface area contributed by atoms with Gasteiger partial charge in [0.05, 0.1) is 23.4 Å². The number of imide groups is 1. The van der Waals surface area contributed by atoms with E-state index in [1.807, 2.05) is 17.1 Å². The summed E-state index contributed by atoms with van der Waals surface area (Å²) in [6, 6.07) is 4.38. The van der Waals surface area contributed by atoms with E-state index in [9.17, 15) is 19.2 Å². The number of nitrogens with one attached hydrogen (secondary N) is 2. The van der Waals surface area contributed by atoms with Gasteiger partial charge in [0.2, 0.25) is 5.91 Å². The fourth-order valence-corrected chi connectivity index (χ4v) is 4.63.